The first-order valence-electron chi connectivity index (χ1n) is 9.11. The molecule has 4 aromatic rings. The number of carbonyl (C=O) groups is 1. The molecule has 2 aromatic heterocycles. The summed E-state index contributed by atoms with van der Waals surface area (Å²) in [4.78, 5) is 20.4. The van der Waals surface area contributed by atoms with E-state index in [0.29, 0.717) is 6.42 Å². The van der Waals surface area contributed by atoms with Crippen LogP contribution in [-0.2, 0) is 11.2 Å². The molecule has 6 nitrogen and oxygen atoms in total. The van der Waals surface area contributed by atoms with Crippen molar-refractivity contribution in [2.24, 2.45) is 0 Å². The van der Waals surface area contributed by atoms with Crippen LogP contribution in [0, 0.1) is 0 Å². The van der Waals surface area contributed by atoms with Gasteiger partial charge in [-0.25, -0.2) is 4.98 Å². The van der Waals surface area contributed by atoms with E-state index in [1.54, 1.807) is 31.7 Å². The second-order valence-corrected chi connectivity index (χ2v) is 7.52. The fourth-order valence-electron chi connectivity index (χ4n) is 2.95. The number of hydrogen-bond acceptors (Lipinski definition) is 6. The molecule has 0 aliphatic heterocycles. The second kappa shape index (κ2) is 8.28. The van der Waals surface area contributed by atoms with Crippen molar-refractivity contribution in [3.8, 4) is 16.9 Å². The summed E-state index contributed by atoms with van der Waals surface area (Å²) in [6.45, 7) is 0. The lowest BCUT2D eigenvalue weighted by molar-refractivity contribution is -0.119. The number of likely N-dealkylation sites (N-methyl/N-ethyl adjacent to an activating group) is 1. The van der Waals surface area contributed by atoms with E-state index in [-0.39, 0.29) is 5.91 Å². The van der Waals surface area contributed by atoms with Gasteiger partial charge in [0.15, 0.2) is 5.13 Å². The molecular formula is C22H20N4O2S. The zero-order chi connectivity index (χ0) is 20.2. The van der Waals surface area contributed by atoms with Crippen LogP contribution in [-0.4, -0.2) is 30.0 Å². The molecular weight excluding hydrogens is 384 g/mol. The Morgan fingerprint density at radius 2 is 1.90 bits per heavy atom. The Labute approximate surface area is 172 Å². The highest BCUT2D eigenvalue weighted by Gasteiger charge is 2.08. The minimum atomic E-state index is -0.000998. The molecule has 7 heteroatoms. The Balaban J connectivity index is 1.54. The molecule has 2 heterocycles. The standard InChI is InChI=1S/C22H20N4O2S/c1-23-21(27)9-14-3-6-17(7-4-14)25-22-26-19-8-5-15(11-20(19)29-22)16-10-18(28-2)13-24-12-16/h3-8,10-13H,9H2,1-2H3,(H,23,27)(H,25,26). The van der Waals surface area contributed by atoms with Gasteiger partial charge in [-0.15, -0.1) is 0 Å². The summed E-state index contributed by atoms with van der Waals surface area (Å²) in [7, 11) is 3.28. The summed E-state index contributed by atoms with van der Waals surface area (Å²) in [5, 5.41) is 6.79. The maximum atomic E-state index is 11.5. The molecule has 0 aliphatic carbocycles. The normalized spacial score (nSPS) is 10.7. The maximum absolute atomic E-state index is 11.5. The Hall–Kier alpha value is -3.45. The van der Waals surface area contributed by atoms with Crippen LogP contribution in [0.4, 0.5) is 10.8 Å². The number of amides is 1. The third-order valence-corrected chi connectivity index (χ3v) is 5.45. The smallest absolute Gasteiger partial charge is 0.224 e. The molecule has 0 bridgehead atoms. The van der Waals surface area contributed by atoms with E-state index in [1.807, 2.05) is 48.7 Å². The third-order valence-electron chi connectivity index (χ3n) is 4.52. The zero-order valence-electron chi connectivity index (χ0n) is 16.1. The summed E-state index contributed by atoms with van der Waals surface area (Å²) in [6, 6.07) is 15.9. The van der Waals surface area contributed by atoms with E-state index in [4.69, 9.17) is 4.74 Å². The number of thiazole rings is 1. The molecule has 2 aromatic carbocycles. The van der Waals surface area contributed by atoms with Gasteiger partial charge in [0.05, 0.1) is 29.9 Å². The highest BCUT2D eigenvalue weighted by Crippen LogP contribution is 2.32. The van der Waals surface area contributed by atoms with Crippen LogP contribution in [0.3, 0.4) is 0 Å². The zero-order valence-corrected chi connectivity index (χ0v) is 16.9. The predicted octanol–water partition coefficient (Wildman–Crippen LogP) is 4.40. The fourth-order valence-corrected chi connectivity index (χ4v) is 3.87. The highest BCUT2D eigenvalue weighted by molar-refractivity contribution is 7.22. The number of anilines is 2. The monoisotopic (exact) mass is 404 g/mol. The minimum absolute atomic E-state index is 0.000998. The van der Waals surface area contributed by atoms with Crippen LogP contribution in [0.5, 0.6) is 5.75 Å². The van der Waals surface area contributed by atoms with Crippen molar-refractivity contribution in [2.75, 3.05) is 19.5 Å². The van der Waals surface area contributed by atoms with Gasteiger partial charge < -0.3 is 15.4 Å². The number of ether oxygens (including phenoxy) is 1. The van der Waals surface area contributed by atoms with Gasteiger partial charge in [-0.3, -0.25) is 9.78 Å². The molecule has 4 rings (SSSR count). The highest BCUT2D eigenvalue weighted by atomic mass is 32.1. The molecule has 0 radical (unpaired) electrons. The number of aromatic nitrogens is 2. The number of pyridine rings is 1. The Morgan fingerprint density at radius 3 is 2.66 bits per heavy atom. The number of rotatable bonds is 6. The average Bonchev–Trinajstić information content (AvgIpc) is 3.16. The van der Waals surface area contributed by atoms with Crippen LogP contribution in [0.2, 0.25) is 0 Å². The quantitative estimate of drug-likeness (QED) is 0.498. The minimum Gasteiger partial charge on any atom is -0.495 e. The van der Waals surface area contributed by atoms with Crippen molar-refractivity contribution >= 4 is 38.3 Å². The van der Waals surface area contributed by atoms with Crippen molar-refractivity contribution in [3.05, 3.63) is 66.5 Å². The van der Waals surface area contributed by atoms with Crippen molar-refractivity contribution in [3.63, 3.8) is 0 Å². The summed E-state index contributed by atoms with van der Waals surface area (Å²) in [5.41, 5.74) is 4.91. The van der Waals surface area contributed by atoms with E-state index in [1.165, 1.54) is 0 Å². The summed E-state index contributed by atoms with van der Waals surface area (Å²) in [6.07, 6.45) is 3.89. The Morgan fingerprint density at radius 1 is 1.07 bits per heavy atom. The molecule has 146 valence electrons. The lowest BCUT2D eigenvalue weighted by atomic mass is 10.1. The maximum Gasteiger partial charge on any atom is 0.224 e. The van der Waals surface area contributed by atoms with Gasteiger partial charge in [0, 0.05) is 24.5 Å². The van der Waals surface area contributed by atoms with E-state index in [2.05, 4.69) is 26.7 Å². The molecule has 2 N–H and O–H groups in total. The lowest BCUT2D eigenvalue weighted by Gasteiger charge is -2.04. The average molecular weight is 404 g/mol. The molecule has 0 aliphatic rings. The van der Waals surface area contributed by atoms with Gasteiger partial charge in [0.25, 0.3) is 0 Å². The largest absolute Gasteiger partial charge is 0.495 e. The number of benzene rings is 2. The topological polar surface area (TPSA) is 76.1 Å². The third kappa shape index (κ3) is 4.35. The van der Waals surface area contributed by atoms with E-state index in [9.17, 15) is 4.79 Å². The van der Waals surface area contributed by atoms with Gasteiger partial charge in [-0.1, -0.05) is 29.5 Å². The SMILES string of the molecule is CNC(=O)Cc1ccc(Nc2nc3ccc(-c4cncc(OC)c4)cc3s2)cc1. The van der Waals surface area contributed by atoms with Gasteiger partial charge in [-0.2, -0.15) is 0 Å². The van der Waals surface area contributed by atoms with Crippen LogP contribution in [0.1, 0.15) is 5.56 Å². The first kappa shape index (κ1) is 18.9. The van der Waals surface area contributed by atoms with Crippen LogP contribution in [0.15, 0.2) is 60.9 Å². The lowest BCUT2D eigenvalue weighted by Crippen LogP contribution is -2.19. The van der Waals surface area contributed by atoms with Crippen LogP contribution in [0.25, 0.3) is 21.3 Å². The first-order chi connectivity index (χ1) is 14.1. The molecule has 0 fully saturated rings. The molecule has 0 saturated carbocycles. The van der Waals surface area contributed by atoms with Gasteiger partial charge in [0.1, 0.15) is 5.75 Å². The van der Waals surface area contributed by atoms with Gasteiger partial charge >= 0.3 is 0 Å². The molecule has 0 saturated heterocycles. The second-order valence-electron chi connectivity index (χ2n) is 6.49. The Bertz CT molecular complexity index is 1160. The molecule has 1 amide bonds. The van der Waals surface area contributed by atoms with Crippen molar-refractivity contribution < 1.29 is 9.53 Å². The number of methoxy groups -OCH3 is 1. The first-order valence-corrected chi connectivity index (χ1v) is 9.93. The van der Waals surface area contributed by atoms with E-state index < -0.39 is 0 Å². The fraction of sp³-hybridized carbons (Fsp3) is 0.136. The van der Waals surface area contributed by atoms with E-state index >= 15 is 0 Å². The number of fused-ring (bicyclic) bond motifs is 1. The van der Waals surface area contributed by atoms with E-state index in [0.717, 1.165) is 43.5 Å². The van der Waals surface area contributed by atoms with Crippen molar-refractivity contribution in [1.82, 2.24) is 15.3 Å². The number of hydrogen-bond donors (Lipinski definition) is 2. The molecule has 0 atom stereocenters. The van der Waals surface area contributed by atoms with Crippen molar-refractivity contribution in [2.45, 2.75) is 6.42 Å². The number of carbonyl (C=O) groups excluding carboxylic acids is 1. The summed E-state index contributed by atoms with van der Waals surface area (Å²) in [5.74, 6) is 0.730. The molecule has 29 heavy (non-hydrogen) atoms. The summed E-state index contributed by atoms with van der Waals surface area (Å²) < 4.78 is 6.35. The Kier molecular flexibility index (Phi) is 5.39. The summed E-state index contributed by atoms with van der Waals surface area (Å²) >= 11 is 1.59. The predicted molar refractivity (Wildman–Crippen MR) is 117 cm³/mol. The van der Waals surface area contributed by atoms with Gasteiger partial charge in [0.2, 0.25) is 5.91 Å². The van der Waals surface area contributed by atoms with Crippen LogP contribution >= 0.6 is 11.3 Å². The van der Waals surface area contributed by atoms with Gasteiger partial charge in [-0.05, 0) is 41.5 Å². The van der Waals surface area contributed by atoms with Crippen molar-refractivity contribution in [1.29, 1.82) is 0 Å². The number of nitrogens with zero attached hydrogens (tertiary/aromatic N) is 2. The molecule has 0 unspecified atom stereocenters. The molecule has 0 spiro atoms. The van der Waals surface area contributed by atoms with Crippen LogP contribution < -0.4 is 15.4 Å². The number of nitrogens with one attached hydrogen (secondary N) is 2.